The van der Waals surface area contributed by atoms with Crippen molar-refractivity contribution in [3.8, 4) is 0 Å². The maximum Gasteiger partial charge on any atom is 0.265 e. The lowest BCUT2D eigenvalue weighted by molar-refractivity contribution is 0.0953. The van der Waals surface area contributed by atoms with E-state index in [1.54, 1.807) is 37.4 Å². The van der Waals surface area contributed by atoms with Gasteiger partial charge < -0.3 is 20.7 Å². The van der Waals surface area contributed by atoms with Crippen LogP contribution in [0.15, 0.2) is 41.8 Å². The van der Waals surface area contributed by atoms with E-state index in [2.05, 4.69) is 16.0 Å². The van der Waals surface area contributed by atoms with Crippen molar-refractivity contribution in [3.05, 3.63) is 52.2 Å². The summed E-state index contributed by atoms with van der Waals surface area (Å²) >= 11 is 1.38. The molecule has 0 aliphatic carbocycles. The first-order valence-electron chi connectivity index (χ1n) is 7.63. The number of thiophene rings is 1. The lowest BCUT2D eigenvalue weighted by Crippen LogP contribution is -2.33. The molecule has 3 N–H and O–H groups in total. The molecule has 0 bridgehead atoms. The smallest absolute Gasteiger partial charge is 0.265 e. The summed E-state index contributed by atoms with van der Waals surface area (Å²) in [6.45, 7) is 2.63. The molecule has 6 nitrogen and oxygen atoms in total. The SMILES string of the molecule is COCCNCCNC(=O)c1ccc(NC(=O)c2cccs2)cc1. The molecule has 0 radical (unpaired) electrons. The summed E-state index contributed by atoms with van der Waals surface area (Å²) < 4.78 is 4.92. The number of amides is 2. The van der Waals surface area contributed by atoms with Crippen molar-refractivity contribution in [1.29, 1.82) is 0 Å². The van der Waals surface area contributed by atoms with E-state index in [9.17, 15) is 9.59 Å². The fourth-order valence-electron chi connectivity index (χ4n) is 1.97. The average molecular weight is 347 g/mol. The van der Waals surface area contributed by atoms with Gasteiger partial charge in [0.25, 0.3) is 11.8 Å². The Balaban J connectivity index is 1.76. The molecule has 128 valence electrons. The maximum atomic E-state index is 12.0. The highest BCUT2D eigenvalue weighted by Crippen LogP contribution is 2.14. The number of hydrogen-bond acceptors (Lipinski definition) is 5. The van der Waals surface area contributed by atoms with Crippen LogP contribution in [0, 0.1) is 0 Å². The van der Waals surface area contributed by atoms with Crippen molar-refractivity contribution in [3.63, 3.8) is 0 Å². The Kier molecular flexibility index (Phi) is 7.41. The molecule has 0 fully saturated rings. The molecule has 0 unspecified atom stereocenters. The predicted octanol–water partition coefficient (Wildman–Crippen LogP) is 1.97. The highest BCUT2D eigenvalue weighted by Gasteiger charge is 2.08. The zero-order valence-corrected chi connectivity index (χ0v) is 14.3. The van der Waals surface area contributed by atoms with Crippen molar-refractivity contribution in [2.75, 3.05) is 38.7 Å². The molecule has 0 spiro atoms. The summed E-state index contributed by atoms with van der Waals surface area (Å²) in [5.74, 6) is -0.288. The second kappa shape index (κ2) is 9.82. The molecular weight excluding hydrogens is 326 g/mol. The summed E-state index contributed by atoms with van der Waals surface area (Å²) in [6, 6.07) is 10.4. The molecule has 0 aliphatic rings. The van der Waals surface area contributed by atoms with Crippen LogP contribution < -0.4 is 16.0 Å². The average Bonchev–Trinajstić information content (AvgIpc) is 3.13. The Labute approximate surface area is 145 Å². The number of carbonyl (C=O) groups is 2. The summed E-state index contributed by atoms with van der Waals surface area (Å²) in [6.07, 6.45) is 0. The highest BCUT2D eigenvalue weighted by atomic mass is 32.1. The van der Waals surface area contributed by atoms with Crippen molar-refractivity contribution in [1.82, 2.24) is 10.6 Å². The second-order valence-corrected chi connectivity index (χ2v) is 5.96. The summed E-state index contributed by atoms with van der Waals surface area (Å²) in [5.41, 5.74) is 1.21. The van der Waals surface area contributed by atoms with E-state index >= 15 is 0 Å². The highest BCUT2D eigenvalue weighted by molar-refractivity contribution is 7.12. The summed E-state index contributed by atoms with van der Waals surface area (Å²) in [7, 11) is 1.65. The normalized spacial score (nSPS) is 10.4. The first kappa shape index (κ1) is 18.1. The van der Waals surface area contributed by atoms with Gasteiger partial charge in [0.15, 0.2) is 0 Å². The molecule has 0 atom stereocenters. The second-order valence-electron chi connectivity index (χ2n) is 5.01. The maximum absolute atomic E-state index is 12.0. The number of hydrogen-bond donors (Lipinski definition) is 3. The van der Waals surface area contributed by atoms with Crippen molar-refractivity contribution >= 4 is 28.8 Å². The van der Waals surface area contributed by atoms with E-state index in [0.717, 1.165) is 6.54 Å². The number of methoxy groups -OCH3 is 1. The largest absolute Gasteiger partial charge is 0.383 e. The van der Waals surface area contributed by atoms with Crippen LogP contribution in [0.4, 0.5) is 5.69 Å². The van der Waals surface area contributed by atoms with Crippen LogP contribution in [0.1, 0.15) is 20.0 Å². The zero-order valence-electron chi connectivity index (χ0n) is 13.5. The van der Waals surface area contributed by atoms with Gasteiger partial charge in [-0.05, 0) is 35.7 Å². The van der Waals surface area contributed by atoms with E-state index in [1.807, 2.05) is 11.4 Å². The van der Waals surface area contributed by atoms with Gasteiger partial charge in [-0.3, -0.25) is 9.59 Å². The molecule has 2 rings (SSSR count). The standard InChI is InChI=1S/C17H21N3O3S/c1-23-11-10-18-8-9-19-16(21)13-4-6-14(7-5-13)20-17(22)15-3-2-12-24-15/h2-7,12,18H,8-11H2,1H3,(H,19,21)(H,20,22). The van der Waals surface area contributed by atoms with Crippen LogP contribution >= 0.6 is 11.3 Å². The van der Waals surface area contributed by atoms with Crippen molar-refractivity contribution in [2.45, 2.75) is 0 Å². The van der Waals surface area contributed by atoms with Crippen LogP contribution in [-0.2, 0) is 4.74 Å². The Morgan fingerprint density at radius 2 is 1.83 bits per heavy atom. The van der Waals surface area contributed by atoms with Crippen LogP contribution in [0.3, 0.4) is 0 Å². The third-order valence-corrected chi connectivity index (χ3v) is 4.09. The first-order chi connectivity index (χ1) is 11.7. The number of anilines is 1. The number of rotatable bonds is 9. The van der Waals surface area contributed by atoms with Gasteiger partial charge in [0, 0.05) is 38.0 Å². The topological polar surface area (TPSA) is 79.5 Å². The first-order valence-corrected chi connectivity index (χ1v) is 8.51. The molecule has 2 aromatic rings. The van der Waals surface area contributed by atoms with Crippen molar-refractivity contribution in [2.24, 2.45) is 0 Å². The van der Waals surface area contributed by atoms with Gasteiger partial charge in [0.2, 0.25) is 0 Å². The Morgan fingerprint density at radius 1 is 1.04 bits per heavy atom. The van der Waals surface area contributed by atoms with Gasteiger partial charge in [-0.1, -0.05) is 6.07 Å². The minimum atomic E-state index is -0.149. The van der Waals surface area contributed by atoms with Crippen LogP contribution in [0.5, 0.6) is 0 Å². The monoisotopic (exact) mass is 347 g/mol. The van der Waals surface area contributed by atoms with E-state index in [-0.39, 0.29) is 11.8 Å². The predicted molar refractivity (Wildman–Crippen MR) is 95.8 cm³/mol. The Bertz CT molecular complexity index is 642. The van der Waals surface area contributed by atoms with Crippen LogP contribution in [-0.4, -0.2) is 45.2 Å². The van der Waals surface area contributed by atoms with Gasteiger partial charge in [-0.25, -0.2) is 0 Å². The van der Waals surface area contributed by atoms with Gasteiger partial charge in [0.05, 0.1) is 11.5 Å². The molecule has 1 aromatic heterocycles. The van der Waals surface area contributed by atoms with Gasteiger partial charge in [-0.2, -0.15) is 0 Å². The lowest BCUT2D eigenvalue weighted by atomic mass is 10.2. The van der Waals surface area contributed by atoms with Gasteiger partial charge >= 0.3 is 0 Å². The molecule has 7 heteroatoms. The minimum Gasteiger partial charge on any atom is -0.383 e. The fraction of sp³-hybridized carbons (Fsp3) is 0.294. The third-order valence-electron chi connectivity index (χ3n) is 3.22. The Morgan fingerprint density at radius 3 is 2.50 bits per heavy atom. The summed E-state index contributed by atoms with van der Waals surface area (Å²) in [4.78, 5) is 24.6. The van der Waals surface area contributed by atoms with E-state index in [0.29, 0.717) is 35.8 Å². The van der Waals surface area contributed by atoms with Crippen molar-refractivity contribution < 1.29 is 14.3 Å². The zero-order chi connectivity index (χ0) is 17.2. The molecule has 1 aromatic carbocycles. The van der Waals surface area contributed by atoms with Gasteiger partial charge in [-0.15, -0.1) is 11.3 Å². The molecule has 2 amide bonds. The molecule has 1 heterocycles. The molecular formula is C17H21N3O3S. The Hall–Kier alpha value is -2.22. The van der Waals surface area contributed by atoms with Gasteiger partial charge in [0.1, 0.15) is 0 Å². The van der Waals surface area contributed by atoms with E-state index in [4.69, 9.17) is 4.74 Å². The number of benzene rings is 1. The number of carbonyl (C=O) groups excluding carboxylic acids is 2. The molecule has 0 saturated heterocycles. The quantitative estimate of drug-likeness (QED) is 0.606. The third kappa shape index (κ3) is 5.77. The lowest BCUT2D eigenvalue weighted by Gasteiger charge is -2.08. The summed E-state index contributed by atoms with van der Waals surface area (Å²) in [5, 5.41) is 10.6. The minimum absolute atomic E-state index is 0.139. The fourth-order valence-corrected chi connectivity index (χ4v) is 2.59. The van der Waals surface area contributed by atoms with Crippen LogP contribution in [0.2, 0.25) is 0 Å². The number of nitrogens with one attached hydrogen (secondary N) is 3. The van der Waals surface area contributed by atoms with E-state index in [1.165, 1.54) is 11.3 Å². The van der Waals surface area contributed by atoms with E-state index < -0.39 is 0 Å². The number of ether oxygens (including phenoxy) is 1. The molecule has 24 heavy (non-hydrogen) atoms. The molecule has 0 saturated carbocycles. The molecule has 0 aliphatic heterocycles. The van der Waals surface area contributed by atoms with Crippen LogP contribution in [0.25, 0.3) is 0 Å².